The second kappa shape index (κ2) is 12.7. The minimum atomic E-state index is -2.40. The summed E-state index contributed by atoms with van der Waals surface area (Å²) in [6.45, 7) is 9.20. The van der Waals surface area contributed by atoms with Crippen molar-refractivity contribution in [2.24, 2.45) is 0 Å². The van der Waals surface area contributed by atoms with E-state index in [-0.39, 0.29) is 54.0 Å². The molecule has 0 bridgehead atoms. The van der Waals surface area contributed by atoms with E-state index >= 15 is 0 Å². The second-order valence-electron chi connectivity index (χ2n) is 7.72. The van der Waals surface area contributed by atoms with Crippen LogP contribution < -0.4 is 45.6 Å². The standard InChI is InChI=1S/C27H27Si.CH3.2ClH.Ti/c1-20-21(2)23(4)27(22(20)3)28(24-14-8-5-9-15-24,25-16-10-6-11-17-25)26-18-12-7-13-19-26;;;;/h5-19H,1-4H3;1H3;2*1H;/q2*-1;;;+4/p-2. The number of rotatable bonds is 4. The van der Waals surface area contributed by atoms with Crippen LogP contribution in [0.2, 0.25) is 0 Å². The van der Waals surface area contributed by atoms with Gasteiger partial charge in [-0.15, -0.1) is 5.19 Å². The van der Waals surface area contributed by atoms with E-state index in [9.17, 15) is 0 Å². The van der Waals surface area contributed by atoms with Crippen LogP contribution in [0.4, 0.5) is 0 Å². The molecule has 32 heavy (non-hydrogen) atoms. The summed E-state index contributed by atoms with van der Waals surface area (Å²) >= 11 is 0. The van der Waals surface area contributed by atoms with Gasteiger partial charge in [0.25, 0.3) is 0 Å². The van der Waals surface area contributed by atoms with Gasteiger partial charge in [0.15, 0.2) is 0 Å². The van der Waals surface area contributed by atoms with Gasteiger partial charge in [-0.1, -0.05) is 134 Å². The van der Waals surface area contributed by atoms with E-state index in [2.05, 4.69) is 119 Å². The summed E-state index contributed by atoms with van der Waals surface area (Å²) in [6.07, 6.45) is 0. The Morgan fingerprint density at radius 1 is 0.500 bits per heavy atom. The van der Waals surface area contributed by atoms with E-state index < -0.39 is 8.07 Å². The summed E-state index contributed by atoms with van der Waals surface area (Å²) in [5.41, 5.74) is 5.79. The predicted molar refractivity (Wildman–Crippen MR) is 131 cm³/mol. The third-order valence-corrected chi connectivity index (χ3v) is 11.5. The third-order valence-electron chi connectivity index (χ3n) is 6.43. The smallest absolute Gasteiger partial charge is 1.00 e. The number of hydrogen-bond acceptors (Lipinski definition) is 0. The molecule has 0 unspecified atom stereocenters. The molecule has 4 aromatic carbocycles. The summed E-state index contributed by atoms with van der Waals surface area (Å²) in [5, 5.41) is 5.90. The minimum Gasteiger partial charge on any atom is -1.00 e. The second-order valence-corrected chi connectivity index (χ2v) is 11.5. The molecule has 0 aromatic heterocycles. The number of hydrogen-bond donors (Lipinski definition) is 0. The fourth-order valence-corrected chi connectivity index (χ4v) is 10.2. The van der Waals surface area contributed by atoms with E-state index in [1.54, 1.807) is 5.19 Å². The maximum Gasteiger partial charge on any atom is 4.00 e. The van der Waals surface area contributed by atoms with Gasteiger partial charge in [-0.2, -0.15) is 22.3 Å². The van der Waals surface area contributed by atoms with Crippen LogP contribution in [0.15, 0.2) is 91.0 Å². The third kappa shape index (κ3) is 4.88. The molecule has 0 amide bonds. The van der Waals surface area contributed by atoms with Crippen LogP contribution in [-0.4, -0.2) is 8.07 Å². The SMILES string of the molecule is Cc1c(C)c(C)[c-]([Si](c2ccccc2)(c2ccccc2)c2ccccc2)c1C.[CH3-].[Cl-].[Cl-].[Ti+4]. The first-order valence-corrected chi connectivity index (χ1v) is 12.0. The number of benzene rings is 3. The van der Waals surface area contributed by atoms with Crippen molar-refractivity contribution in [3.05, 3.63) is 121 Å². The Labute approximate surface area is 222 Å². The average Bonchev–Trinajstić information content (AvgIpc) is 2.95. The molecular formula is C28H30Cl2SiTi. The Hall–Kier alpha value is -1.48. The molecule has 0 fully saturated rings. The van der Waals surface area contributed by atoms with Gasteiger partial charge in [0.1, 0.15) is 8.07 Å². The normalized spacial score (nSPS) is 10.1. The van der Waals surface area contributed by atoms with Crippen molar-refractivity contribution >= 4 is 28.8 Å². The molecule has 0 saturated carbocycles. The monoisotopic (exact) mass is 512 g/mol. The molecule has 0 heterocycles. The molecule has 0 aliphatic carbocycles. The van der Waals surface area contributed by atoms with Crippen LogP contribution in [0.3, 0.4) is 0 Å². The van der Waals surface area contributed by atoms with Crippen LogP contribution in [0.25, 0.3) is 0 Å². The first-order valence-electron chi connectivity index (χ1n) is 9.98. The van der Waals surface area contributed by atoms with E-state index in [0.717, 1.165) is 0 Å². The molecule has 4 heteroatoms. The topological polar surface area (TPSA) is 0 Å². The van der Waals surface area contributed by atoms with Crippen molar-refractivity contribution in [2.75, 3.05) is 0 Å². The summed E-state index contributed by atoms with van der Waals surface area (Å²) < 4.78 is 0. The largest absolute Gasteiger partial charge is 4.00 e. The van der Waals surface area contributed by atoms with Crippen LogP contribution in [-0.2, 0) is 21.7 Å². The zero-order chi connectivity index (χ0) is 19.7. The Bertz CT molecular complexity index is 969. The van der Waals surface area contributed by atoms with Gasteiger partial charge in [0, 0.05) is 0 Å². The van der Waals surface area contributed by atoms with Crippen molar-refractivity contribution in [3.63, 3.8) is 0 Å². The quantitative estimate of drug-likeness (QED) is 0.177. The van der Waals surface area contributed by atoms with E-state index in [1.807, 2.05) is 0 Å². The van der Waals surface area contributed by atoms with Gasteiger partial charge < -0.3 is 32.2 Å². The van der Waals surface area contributed by atoms with E-state index in [1.165, 1.54) is 37.8 Å². The Kier molecular flexibility index (Phi) is 12.1. The van der Waals surface area contributed by atoms with Crippen LogP contribution in [0, 0.1) is 35.1 Å². The summed E-state index contributed by atoms with van der Waals surface area (Å²) in [6, 6.07) is 33.5. The van der Waals surface area contributed by atoms with Gasteiger partial charge in [-0.3, -0.25) is 0 Å². The molecule has 4 aromatic rings. The first kappa shape index (κ1) is 30.5. The molecule has 164 valence electrons. The molecule has 0 aliphatic heterocycles. The maximum absolute atomic E-state index is 2.40. The first-order chi connectivity index (χ1) is 13.6. The molecule has 0 aliphatic rings. The van der Waals surface area contributed by atoms with E-state index in [4.69, 9.17) is 0 Å². The molecule has 0 radical (unpaired) electrons. The predicted octanol–water partition coefficient (Wildman–Crippen LogP) is -1.53. The molecular weight excluding hydrogens is 483 g/mol. The Morgan fingerprint density at radius 2 is 0.750 bits per heavy atom. The average molecular weight is 513 g/mol. The van der Waals surface area contributed by atoms with Crippen LogP contribution in [0.5, 0.6) is 0 Å². The van der Waals surface area contributed by atoms with Crippen LogP contribution in [0.1, 0.15) is 22.3 Å². The van der Waals surface area contributed by atoms with Gasteiger partial charge >= 0.3 is 21.7 Å². The fraction of sp³-hybridized carbons (Fsp3) is 0.143. The zero-order valence-corrected chi connectivity index (χ0v) is 23.5. The Morgan fingerprint density at radius 3 is 1.00 bits per heavy atom. The van der Waals surface area contributed by atoms with Crippen LogP contribution >= 0.6 is 0 Å². The maximum atomic E-state index is 2.34. The molecule has 0 N–H and O–H groups in total. The van der Waals surface area contributed by atoms with Crippen molar-refractivity contribution in [3.8, 4) is 0 Å². The van der Waals surface area contributed by atoms with Crippen molar-refractivity contribution in [1.82, 2.24) is 0 Å². The molecule has 0 spiro atoms. The summed E-state index contributed by atoms with van der Waals surface area (Å²) in [4.78, 5) is 0. The fourth-order valence-electron chi connectivity index (χ4n) is 4.78. The molecule has 0 saturated heterocycles. The van der Waals surface area contributed by atoms with Gasteiger partial charge in [-0.25, -0.2) is 0 Å². The van der Waals surface area contributed by atoms with Gasteiger partial charge in [0.2, 0.25) is 0 Å². The van der Waals surface area contributed by atoms with E-state index in [0.29, 0.717) is 0 Å². The molecule has 0 nitrogen and oxygen atoms in total. The molecule has 4 rings (SSSR count). The van der Waals surface area contributed by atoms with Crippen molar-refractivity contribution in [2.45, 2.75) is 27.7 Å². The van der Waals surface area contributed by atoms with Crippen molar-refractivity contribution < 1.29 is 46.5 Å². The molecule has 0 atom stereocenters. The Balaban J connectivity index is 0.00000240. The van der Waals surface area contributed by atoms with Gasteiger partial charge in [0.05, 0.1) is 0 Å². The minimum absolute atomic E-state index is 0. The van der Waals surface area contributed by atoms with Crippen molar-refractivity contribution in [1.29, 1.82) is 0 Å². The van der Waals surface area contributed by atoms with Gasteiger partial charge in [-0.05, 0) is 0 Å². The summed E-state index contributed by atoms with van der Waals surface area (Å²) in [7, 11) is -2.40. The zero-order valence-electron chi connectivity index (χ0n) is 19.4. The summed E-state index contributed by atoms with van der Waals surface area (Å²) in [5.74, 6) is 0. The number of halogens is 2.